The molecule has 0 saturated heterocycles. The zero-order chi connectivity index (χ0) is 12.7. The van der Waals surface area contributed by atoms with E-state index in [9.17, 15) is 9.18 Å². The molecule has 0 heterocycles. The molecule has 0 fully saturated rings. The summed E-state index contributed by atoms with van der Waals surface area (Å²) in [4.78, 5) is 11.7. The Morgan fingerprint density at radius 2 is 2.06 bits per heavy atom. The fraction of sp³-hybridized carbons (Fsp3) is 0.462. The Balaban J connectivity index is 2.46. The van der Waals surface area contributed by atoms with Crippen molar-refractivity contribution >= 4 is 5.91 Å². The van der Waals surface area contributed by atoms with E-state index >= 15 is 0 Å². The molecule has 1 atom stereocenters. The lowest BCUT2D eigenvalue weighted by Crippen LogP contribution is -2.40. The summed E-state index contributed by atoms with van der Waals surface area (Å²) >= 11 is 0. The third-order valence-electron chi connectivity index (χ3n) is 2.56. The van der Waals surface area contributed by atoms with Gasteiger partial charge in [-0.25, -0.2) is 4.39 Å². The average Bonchev–Trinajstić information content (AvgIpc) is 2.31. The Morgan fingerprint density at radius 1 is 1.41 bits per heavy atom. The Kier molecular flexibility index (Phi) is 5.63. The lowest BCUT2D eigenvalue weighted by Gasteiger charge is -2.15. The first-order valence-electron chi connectivity index (χ1n) is 5.89. The normalized spacial score (nSPS) is 12.2. The molecule has 0 saturated carbocycles. The van der Waals surface area contributed by atoms with Crippen molar-refractivity contribution in [3.63, 3.8) is 0 Å². The van der Waals surface area contributed by atoms with E-state index in [0.29, 0.717) is 6.54 Å². The second-order valence-corrected chi connectivity index (χ2v) is 4.09. The molecule has 0 aliphatic heterocycles. The van der Waals surface area contributed by atoms with E-state index in [-0.39, 0.29) is 24.2 Å². The molecule has 3 N–H and O–H groups in total. The van der Waals surface area contributed by atoms with Gasteiger partial charge in [0.15, 0.2) is 0 Å². The van der Waals surface area contributed by atoms with Crippen LogP contribution in [0.3, 0.4) is 0 Å². The third-order valence-corrected chi connectivity index (χ3v) is 2.56. The number of benzene rings is 1. The van der Waals surface area contributed by atoms with Gasteiger partial charge in [0.1, 0.15) is 5.82 Å². The monoisotopic (exact) mass is 238 g/mol. The molecule has 1 aromatic carbocycles. The Bertz CT molecular complexity index is 351. The summed E-state index contributed by atoms with van der Waals surface area (Å²) in [7, 11) is 0. The molecule has 0 bridgehead atoms. The molecule has 4 heteroatoms. The van der Waals surface area contributed by atoms with Gasteiger partial charge in [0.2, 0.25) is 5.91 Å². The van der Waals surface area contributed by atoms with Gasteiger partial charge < -0.3 is 11.1 Å². The smallest absolute Gasteiger partial charge is 0.224 e. The molecule has 0 aromatic heterocycles. The molecule has 17 heavy (non-hydrogen) atoms. The van der Waals surface area contributed by atoms with Crippen LogP contribution >= 0.6 is 0 Å². The molecule has 94 valence electrons. The quantitative estimate of drug-likeness (QED) is 0.791. The standard InChI is InChI=1S/C13H19FN2O/c1-2-3-12(9-15)16-13(17)8-10-4-6-11(14)7-5-10/h4-7,12H,2-3,8-9,15H2,1H3,(H,16,17). The molecule has 0 aliphatic carbocycles. The summed E-state index contributed by atoms with van der Waals surface area (Å²) in [6.07, 6.45) is 2.13. The molecule has 3 nitrogen and oxygen atoms in total. The van der Waals surface area contributed by atoms with Crippen LogP contribution in [0.2, 0.25) is 0 Å². The zero-order valence-electron chi connectivity index (χ0n) is 10.1. The highest BCUT2D eigenvalue weighted by Crippen LogP contribution is 2.04. The first-order chi connectivity index (χ1) is 8.15. The maximum absolute atomic E-state index is 12.7. The summed E-state index contributed by atoms with van der Waals surface area (Å²) < 4.78 is 12.7. The van der Waals surface area contributed by atoms with Crippen molar-refractivity contribution in [1.29, 1.82) is 0 Å². The Hall–Kier alpha value is -1.42. The first-order valence-corrected chi connectivity index (χ1v) is 5.89. The largest absolute Gasteiger partial charge is 0.352 e. The molecule has 1 unspecified atom stereocenters. The minimum Gasteiger partial charge on any atom is -0.352 e. The number of hydrogen-bond donors (Lipinski definition) is 2. The highest BCUT2D eigenvalue weighted by atomic mass is 19.1. The van der Waals surface area contributed by atoms with Gasteiger partial charge in [0, 0.05) is 12.6 Å². The topological polar surface area (TPSA) is 55.1 Å². The van der Waals surface area contributed by atoms with Crippen LogP contribution in [0.1, 0.15) is 25.3 Å². The lowest BCUT2D eigenvalue weighted by atomic mass is 10.1. The molecular formula is C13H19FN2O. The van der Waals surface area contributed by atoms with Gasteiger partial charge in [0.25, 0.3) is 0 Å². The van der Waals surface area contributed by atoms with Crippen LogP contribution in [0.5, 0.6) is 0 Å². The number of rotatable bonds is 6. The third kappa shape index (κ3) is 4.95. The number of nitrogens with one attached hydrogen (secondary N) is 1. The molecule has 0 aliphatic rings. The van der Waals surface area contributed by atoms with Crippen LogP contribution in [0.15, 0.2) is 24.3 Å². The SMILES string of the molecule is CCCC(CN)NC(=O)Cc1ccc(F)cc1. The van der Waals surface area contributed by atoms with Gasteiger partial charge in [0.05, 0.1) is 6.42 Å². The maximum Gasteiger partial charge on any atom is 0.224 e. The van der Waals surface area contributed by atoms with Gasteiger partial charge in [-0.15, -0.1) is 0 Å². The van der Waals surface area contributed by atoms with E-state index in [1.165, 1.54) is 12.1 Å². The van der Waals surface area contributed by atoms with Crippen molar-refractivity contribution in [3.05, 3.63) is 35.6 Å². The predicted molar refractivity (Wildman–Crippen MR) is 66.0 cm³/mol. The van der Waals surface area contributed by atoms with Crippen LogP contribution in [-0.2, 0) is 11.2 Å². The van der Waals surface area contributed by atoms with Crippen molar-refractivity contribution < 1.29 is 9.18 Å². The van der Waals surface area contributed by atoms with Crippen molar-refractivity contribution in [3.8, 4) is 0 Å². The molecule has 1 amide bonds. The number of hydrogen-bond acceptors (Lipinski definition) is 2. The Labute approximate surface area is 101 Å². The van der Waals surface area contributed by atoms with Crippen molar-refractivity contribution in [2.45, 2.75) is 32.2 Å². The van der Waals surface area contributed by atoms with E-state index in [0.717, 1.165) is 18.4 Å². The van der Waals surface area contributed by atoms with Crippen molar-refractivity contribution in [2.75, 3.05) is 6.54 Å². The predicted octanol–water partition coefficient (Wildman–Crippen LogP) is 1.61. The van der Waals surface area contributed by atoms with E-state index in [2.05, 4.69) is 12.2 Å². The van der Waals surface area contributed by atoms with E-state index in [1.54, 1.807) is 12.1 Å². The van der Waals surface area contributed by atoms with Gasteiger partial charge >= 0.3 is 0 Å². The van der Waals surface area contributed by atoms with E-state index in [1.807, 2.05) is 0 Å². The molecule has 1 rings (SSSR count). The second kappa shape index (κ2) is 7.01. The van der Waals surface area contributed by atoms with Crippen LogP contribution in [0.25, 0.3) is 0 Å². The first kappa shape index (κ1) is 13.6. The zero-order valence-corrected chi connectivity index (χ0v) is 10.1. The minimum absolute atomic E-state index is 0.0351. The summed E-state index contributed by atoms with van der Waals surface area (Å²) in [5, 5.41) is 2.87. The molecule has 0 spiro atoms. The van der Waals surface area contributed by atoms with E-state index < -0.39 is 0 Å². The van der Waals surface area contributed by atoms with Crippen LogP contribution in [0.4, 0.5) is 4.39 Å². The number of carbonyl (C=O) groups excluding carboxylic acids is 1. The second-order valence-electron chi connectivity index (χ2n) is 4.09. The van der Waals surface area contributed by atoms with Gasteiger partial charge in [-0.1, -0.05) is 25.5 Å². The number of amides is 1. The summed E-state index contributed by atoms with van der Waals surface area (Å²) in [5.41, 5.74) is 6.36. The average molecular weight is 238 g/mol. The highest BCUT2D eigenvalue weighted by Gasteiger charge is 2.10. The molecular weight excluding hydrogens is 219 g/mol. The fourth-order valence-corrected chi connectivity index (χ4v) is 1.66. The summed E-state index contributed by atoms with van der Waals surface area (Å²) in [5.74, 6) is -0.361. The van der Waals surface area contributed by atoms with Gasteiger partial charge in [-0.3, -0.25) is 4.79 Å². The maximum atomic E-state index is 12.7. The van der Waals surface area contributed by atoms with Crippen LogP contribution < -0.4 is 11.1 Å². The van der Waals surface area contributed by atoms with Crippen molar-refractivity contribution in [1.82, 2.24) is 5.32 Å². The molecule has 1 aromatic rings. The van der Waals surface area contributed by atoms with E-state index in [4.69, 9.17) is 5.73 Å². The van der Waals surface area contributed by atoms with Gasteiger partial charge in [-0.2, -0.15) is 0 Å². The van der Waals surface area contributed by atoms with Crippen molar-refractivity contribution in [2.24, 2.45) is 5.73 Å². The number of carbonyl (C=O) groups is 1. The number of nitrogens with two attached hydrogens (primary N) is 1. The molecule has 0 radical (unpaired) electrons. The minimum atomic E-state index is -0.292. The van der Waals surface area contributed by atoms with Crippen LogP contribution in [-0.4, -0.2) is 18.5 Å². The van der Waals surface area contributed by atoms with Crippen LogP contribution in [0, 0.1) is 5.82 Å². The summed E-state index contributed by atoms with van der Waals surface area (Å²) in [6, 6.07) is 5.98. The lowest BCUT2D eigenvalue weighted by molar-refractivity contribution is -0.121. The highest BCUT2D eigenvalue weighted by molar-refractivity contribution is 5.78. The summed E-state index contributed by atoms with van der Waals surface area (Å²) in [6.45, 7) is 2.50. The fourth-order valence-electron chi connectivity index (χ4n) is 1.66. The van der Waals surface area contributed by atoms with Gasteiger partial charge in [-0.05, 0) is 24.1 Å². The number of halogens is 1. The Morgan fingerprint density at radius 3 is 2.59 bits per heavy atom.